The molecule has 0 N–H and O–H groups in total. The molecule has 0 atom stereocenters. The van der Waals surface area contributed by atoms with E-state index in [0.717, 1.165) is 0 Å². The molecule has 0 saturated heterocycles. The number of aromatic nitrogens is 2. The number of unbranched alkanes of at least 4 members (excludes halogenated alkanes) is 1. The summed E-state index contributed by atoms with van der Waals surface area (Å²) in [6, 6.07) is 21.6. The normalized spacial score (nSPS) is 12.9. The van der Waals surface area contributed by atoms with Gasteiger partial charge in [0.25, 0.3) is 17.4 Å². The van der Waals surface area contributed by atoms with Crippen LogP contribution in [0.3, 0.4) is 0 Å². The van der Waals surface area contributed by atoms with E-state index in [9.17, 15) is 14.4 Å². The fraction of sp³-hybridized carbons (Fsp3) is 0.214. The zero-order chi connectivity index (χ0) is 24.4. The lowest BCUT2D eigenvalue weighted by Gasteiger charge is -2.17. The van der Waals surface area contributed by atoms with Crippen molar-refractivity contribution in [3.63, 3.8) is 0 Å². The molecular weight excluding hydrogens is 442 g/mol. The van der Waals surface area contributed by atoms with Gasteiger partial charge in [0.2, 0.25) is 0 Å². The molecule has 0 aliphatic carbocycles. The third-order valence-electron chi connectivity index (χ3n) is 6.16. The number of nitrogens with zero attached hydrogens (tertiary/aromatic N) is 3. The highest BCUT2D eigenvalue weighted by molar-refractivity contribution is 6.21. The summed E-state index contributed by atoms with van der Waals surface area (Å²) < 4.78 is 7.41. The molecule has 0 spiro atoms. The molecule has 1 aliphatic heterocycles. The van der Waals surface area contributed by atoms with Gasteiger partial charge in [-0.15, -0.1) is 0 Å². The minimum absolute atomic E-state index is 0.155. The number of hydrogen-bond donors (Lipinski definition) is 0. The second-order valence-electron chi connectivity index (χ2n) is 8.35. The molecule has 5 rings (SSSR count). The minimum atomic E-state index is -0.253. The molecule has 35 heavy (non-hydrogen) atoms. The Bertz CT molecular complexity index is 1460. The molecule has 1 aliphatic rings. The maximum atomic E-state index is 13.5. The molecule has 0 radical (unpaired) electrons. The van der Waals surface area contributed by atoms with E-state index in [-0.39, 0.29) is 17.4 Å². The lowest BCUT2D eigenvalue weighted by molar-refractivity contribution is 0.0651. The molecule has 1 aromatic heterocycles. The summed E-state index contributed by atoms with van der Waals surface area (Å²) in [6.45, 7) is 2.69. The van der Waals surface area contributed by atoms with Crippen LogP contribution < -0.4 is 10.3 Å². The van der Waals surface area contributed by atoms with E-state index in [1.54, 1.807) is 34.9 Å². The zero-order valence-electron chi connectivity index (χ0n) is 19.4. The van der Waals surface area contributed by atoms with Crippen LogP contribution in [-0.4, -0.2) is 39.4 Å². The first-order valence-electron chi connectivity index (χ1n) is 11.8. The fourth-order valence-corrected chi connectivity index (χ4v) is 4.51. The molecule has 0 bridgehead atoms. The van der Waals surface area contributed by atoms with Gasteiger partial charge in [0, 0.05) is 13.0 Å². The Kier molecular flexibility index (Phi) is 6.14. The SMILES string of the molecule is CCOc1ccccc1-n1c(CCCCN2C(=O)c3ccccc3C2=O)nc2ccccc2c1=O. The van der Waals surface area contributed by atoms with Crippen LogP contribution in [0.5, 0.6) is 5.75 Å². The maximum absolute atomic E-state index is 13.5. The van der Waals surface area contributed by atoms with Gasteiger partial charge in [0.05, 0.1) is 34.3 Å². The number of rotatable bonds is 8. The maximum Gasteiger partial charge on any atom is 0.266 e. The van der Waals surface area contributed by atoms with Crippen molar-refractivity contribution in [2.75, 3.05) is 13.2 Å². The van der Waals surface area contributed by atoms with Crippen molar-refractivity contribution in [1.82, 2.24) is 14.5 Å². The van der Waals surface area contributed by atoms with Crippen molar-refractivity contribution in [3.8, 4) is 11.4 Å². The average Bonchev–Trinajstić information content (AvgIpc) is 3.12. The smallest absolute Gasteiger partial charge is 0.266 e. The summed E-state index contributed by atoms with van der Waals surface area (Å²) in [7, 11) is 0. The number of carbonyl (C=O) groups is 2. The third-order valence-corrected chi connectivity index (χ3v) is 6.16. The Morgan fingerprint density at radius 2 is 1.46 bits per heavy atom. The summed E-state index contributed by atoms with van der Waals surface area (Å²) in [5, 5.41) is 0.536. The number of carbonyl (C=O) groups excluding carboxylic acids is 2. The molecule has 7 heteroatoms. The Morgan fingerprint density at radius 3 is 2.20 bits per heavy atom. The van der Waals surface area contributed by atoms with Crippen LogP contribution in [0.15, 0.2) is 77.6 Å². The number of hydrogen-bond acceptors (Lipinski definition) is 5. The molecule has 0 unspecified atom stereocenters. The number of imide groups is 1. The van der Waals surface area contributed by atoms with Crippen molar-refractivity contribution < 1.29 is 14.3 Å². The Balaban J connectivity index is 1.41. The second-order valence-corrected chi connectivity index (χ2v) is 8.35. The van der Waals surface area contributed by atoms with Gasteiger partial charge in [0.15, 0.2) is 0 Å². The lowest BCUT2D eigenvalue weighted by Crippen LogP contribution is -2.31. The summed E-state index contributed by atoms with van der Waals surface area (Å²) in [4.78, 5) is 44.9. The predicted octanol–water partition coefficient (Wildman–Crippen LogP) is 4.40. The largest absolute Gasteiger partial charge is 0.492 e. The van der Waals surface area contributed by atoms with Crippen LogP contribution in [0.1, 0.15) is 46.3 Å². The standard InChI is InChI=1S/C28H25N3O4/c1-2-35-24-16-8-7-15-23(24)31-25(29-22-14-6-5-13-21(22)28(31)34)17-9-10-18-30-26(32)19-11-3-4-12-20(19)27(30)33/h3-8,11-16H,2,9-10,17-18H2,1H3. The Labute approximate surface area is 202 Å². The van der Waals surface area contributed by atoms with Gasteiger partial charge >= 0.3 is 0 Å². The average molecular weight is 468 g/mol. The number of amides is 2. The first kappa shape index (κ1) is 22.5. The molecule has 176 valence electrons. The zero-order valence-corrected chi connectivity index (χ0v) is 19.4. The highest BCUT2D eigenvalue weighted by Crippen LogP contribution is 2.25. The highest BCUT2D eigenvalue weighted by atomic mass is 16.5. The van der Waals surface area contributed by atoms with Crippen molar-refractivity contribution in [2.45, 2.75) is 26.2 Å². The van der Waals surface area contributed by atoms with Crippen molar-refractivity contribution in [3.05, 3.63) is 100 Å². The molecule has 2 heterocycles. The fourth-order valence-electron chi connectivity index (χ4n) is 4.51. The van der Waals surface area contributed by atoms with E-state index in [4.69, 9.17) is 9.72 Å². The Hall–Kier alpha value is -4.26. The monoisotopic (exact) mass is 467 g/mol. The molecule has 0 saturated carbocycles. The van der Waals surface area contributed by atoms with Gasteiger partial charge in [0.1, 0.15) is 11.6 Å². The molecule has 3 aromatic carbocycles. The van der Waals surface area contributed by atoms with Gasteiger partial charge in [-0.1, -0.05) is 36.4 Å². The van der Waals surface area contributed by atoms with Crippen molar-refractivity contribution in [2.24, 2.45) is 0 Å². The van der Waals surface area contributed by atoms with E-state index >= 15 is 0 Å². The van der Waals surface area contributed by atoms with E-state index < -0.39 is 0 Å². The lowest BCUT2D eigenvalue weighted by atomic mass is 10.1. The van der Waals surface area contributed by atoms with Crippen LogP contribution in [0.4, 0.5) is 0 Å². The van der Waals surface area contributed by atoms with Gasteiger partial charge < -0.3 is 4.74 Å². The van der Waals surface area contributed by atoms with Gasteiger partial charge in [-0.05, 0) is 56.2 Å². The van der Waals surface area contributed by atoms with E-state index in [1.807, 2.05) is 49.4 Å². The summed E-state index contributed by atoms with van der Waals surface area (Å²) >= 11 is 0. The summed E-state index contributed by atoms with van der Waals surface area (Å²) in [5.74, 6) is 0.721. The molecule has 2 amide bonds. The van der Waals surface area contributed by atoms with Gasteiger partial charge in [-0.25, -0.2) is 4.98 Å². The van der Waals surface area contributed by atoms with Crippen LogP contribution in [0.25, 0.3) is 16.6 Å². The quantitative estimate of drug-likeness (QED) is 0.283. The molecular formula is C28H25N3O4. The van der Waals surface area contributed by atoms with Gasteiger partial charge in [-0.2, -0.15) is 0 Å². The molecule has 7 nitrogen and oxygen atoms in total. The summed E-state index contributed by atoms with van der Waals surface area (Å²) in [6.07, 6.45) is 1.75. The van der Waals surface area contributed by atoms with Crippen molar-refractivity contribution >= 4 is 22.7 Å². The van der Waals surface area contributed by atoms with Crippen LogP contribution >= 0.6 is 0 Å². The van der Waals surface area contributed by atoms with E-state index in [1.165, 1.54) is 4.90 Å². The number of ether oxygens (including phenoxy) is 1. The van der Waals surface area contributed by atoms with Crippen LogP contribution in [0, 0.1) is 0 Å². The van der Waals surface area contributed by atoms with Gasteiger partial charge in [-0.3, -0.25) is 23.9 Å². The Morgan fingerprint density at radius 1 is 0.800 bits per heavy atom. The highest BCUT2D eigenvalue weighted by Gasteiger charge is 2.34. The summed E-state index contributed by atoms with van der Waals surface area (Å²) in [5.41, 5.74) is 2.04. The number of fused-ring (bicyclic) bond motifs is 2. The number of aryl methyl sites for hydroxylation is 1. The predicted molar refractivity (Wildman–Crippen MR) is 133 cm³/mol. The number of para-hydroxylation sites is 3. The minimum Gasteiger partial charge on any atom is -0.492 e. The van der Waals surface area contributed by atoms with Crippen LogP contribution in [-0.2, 0) is 6.42 Å². The third kappa shape index (κ3) is 4.10. The molecule has 4 aromatic rings. The second kappa shape index (κ2) is 9.54. The number of benzene rings is 3. The van der Waals surface area contributed by atoms with Crippen LogP contribution in [0.2, 0.25) is 0 Å². The first-order valence-corrected chi connectivity index (χ1v) is 11.8. The first-order chi connectivity index (χ1) is 17.1. The van der Waals surface area contributed by atoms with E-state index in [0.29, 0.717) is 71.7 Å². The van der Waals surface area contributed by atoms with Crippen molar-refractivity contribution in [1.29, 1.82) is 0 Å². The topological polar surface area (TPSA) is 81.5 Å². The molecule has 0 fully saturated rings. The van der Waals surface area contributed by atoms with E-state index in [2.05, 4.69) is 0 Å².